The van der Waals surface area contributed by atoms with Gasteiger partial charge in [0, 0.05) is 12.5 Å². The van der Waals surface area contributed by atoms with Crippen molar-refractivity contribution >= 4 is 23.6 Å². The van der Waals surface area contributed by atoms with E-state index in [9.17, 15) is 9.59 Å². The van der Waals surface area contributed by atoms with Crippen LogP contribution in [0.5, 0.6) is 0 Å². The number of carbonyl (C=O) groups is 2. The van der Waals surface area contributed by atoms with Gasteiger partial charge in [-0.3, -0.25) is 9.69 Å². The quantitative estimate of drug-likeness (QED) is 0.303. The minimum atomic E-state index is -0.503. The summed E-state index contributed by atoms with van der Waals surface area (Å²) in [5.74, 6) is -0.890. The van der Waals surface area contributed by atoms with Crippen LogP contribution >= 0.6 is 11.8 Å². The predicted molar refractivity (Wildman–Crippen MR) is 73.4 cm³/mol. The Bertz CT molecular complexity index is 450. The van der Waals surface area contributed by atoms with Crippen LogP contribution in [-0.4, -0.2) is 48.8 Å². The number of carbonyl (C=O) groups excluding carboxylic acids is 2. The summed E-state index contributed by atoms with van der Waals surface area (Å²) in [6.45, 7) is 5.57. The molecule has 6 nitrogen and oxygen atoms in total. The van der Waals surface area contributed by atoms with Gasteiger partial charge in [-0.25, -0.2) is 4.79 Å². The molecule has 0 aromatic heterocycles. The predicted octanol–water partition coefficient (Wildman–Crippen LogP) is 1.10. The number of thioether (sulfide) groups is 1. The van der Waals surface area contributed by atoms with E-state index in [1.165, 1.54) is 29.8 Å². The highest BCUT2D eigenvalue weighted by atomic mass is 32.2. The Morgan fingerprint density at radius 3 is 3.05 bits per heavy atom. The molecule has 20 heavy (non-hydrogen) atoms. The lowest BCUT2D eigenvalue weighted by Crippen LogP contribution is -2.61. The van der Waals surface area contributed by atoms with E-state index in [1.54, 1.807) is 5.41 Å². The zero-order chi connectivity index (χ0) is 14.7. The average Bonchev–Trinajstić information content (AvgIpc) is 2.81. The second-order valence-electron chi connectivity index (χ2n) is 4.43. The Morgan fingerprint density at radius 1 is 1.65 bits per heavy atom. The van der Waals surface area contributed by atoms with Gasteiger partial charge in [0.05, 0.1) is 12.0 Å². The standard InChI is InChI=1S/C13H17NO5S/c1-4-5-18-13(16)9-6-20-12-10(11(15)14(9)12)8(2)19-7-17-3/h4,6,8,10,12H,1,5,7H2,2-3H3/t8-,10+,12+/m1/s1. The topological polar surface area (TPSA) is 65.1 Å². The zero-order valence-corrected chi connectivity index (χ0v) is 12.2. The van der Waals surface area contributed by atoms with Gasteiger partial charge in [-0.05, 0) is 6.92 Å². The lowest BCUT2D eigenvalue weighted by atomic mass is 9.92. The monoisotopic (exact) mass is 299 g/mol. The van der Waals surface area contributed by atoms with E-state index in [-0.39, 0.29) is 36.7 Å². The van der Waals surface area contributed by atoms with Gasteiger partial charge in [0.2, 0.25) is 5.91 Å². The number of β-lactam (4-membered cyclic amide) rings is 1. The number of hydrogen-bond acceptors (Lipinski definition) is 6. The van der Waals surface area contributed by atoms with Crippen molar-refractivity contribution in [1.29, 1.82) is 0 Å². The SMILES string of the molecule is C=CCOC(=O)C1=CS[C@H]2[C@@H]([C@@H](C)OCOC)C(=O)N12. The molecule has 2 aliphatic rings. The van der Waals surface area contributed by atoms with E-state index in [0.717, 1.165) is 0 Å². The third kappa shape index (κ3) is 2.61. The van der Waals surface area contributed by atoms with Crippen molar-refractivity contribution in [3.05, 3.63) is 23.8 Å². The number of hydrogen-bond donors (Lipinski definition) is 0. The van der Waals surface area contributed by atoms with E-state index in [4.69, 9.17) is 14.2 Å². The van der Waals surface area contributed by atoms with Crippen LogP contribution in [0.3, 0.4) is 0 Å². The number of esters is 1. The first-order valence-corrected chi connectivity index (χ1v) is 7.13. The molecule has 3 atom stereocenters. The Labute approximate surface area is 121 Å². The molecule has 2 heterocycles. The first-order chi connectivity index (χ1) is 9.61. The summed E-state index contributed by atoms with van der Waals surface area (Å²) < 4.78 is 15.2. The van der Waals surface area contributed by atoms with Crippen molar-refractivity contribution < 1.29 is 23.8 Å². The maximum atomic E-state index is 12.2. The van der Waals surface area contributed by atoms with Crippen molar-refractivity contribution in [3.8, 4) is 0 Å². The summed E-state index contributed by atoms with van der Waals surface area (Å²) in [5, 5.41) is 1.57. The van der Waals surface area contributed by atoms with Crippen molar-refractivity contribution in [2.24, 2.45) is 5.92 Å². The number of nitrogens with zero attached hydrogens (tertiary/aromatic N) is 1. The molecule has 0 aliphatic carbocycles. The molecule has 110 valence electrons. The zero-order valence-electron chi connectivity index (χ0n) is 11.4. The highest BCUT2D eigenvalue weighted by Crippen LogP contribution is 2.46. The second-order valence-corrected chi connectivity index (χ2v) is 5.42. The molecule has 2 aliphatic heterocycles. The van der Waals surface area contributed by atoms with Crippen LogP contribution < -0.4 is 0 Å². The van der Waals surface area contributed by atoms with Gasteiger partial charge < -0.3 is 14.2 Å². The Balaban J connectivity index is 1.95. The van der Waals surface area contributed by atoms with E-state index in [0.29, 0.717) is 5.70 Å². The number of amides is 1. The summed E-state index contributed by atoms with van der Waals surface area (Å²) in [4.78, 5) is 25.4. The summed E-state index contributed by atoms with van der Waals surface area (Å²) in [6, 6.07) is 0. The van der Waals surface area contributed by atoms with Gasteiger partial charge in [-0.2, -0.15) is 0 Å². The van der Waals surface area contributed by atoms with Crippen molar-refractivity contribution in [2.75, 3.05) is 20.5 Å². The van der Waals surface area contributed by atoms with E-state index in [2.05, 4.69) is 6.58 Å². The number of methoxy groups -OCH3 is 1. The van der Waals surface area contributed by atoms with E-state index >= 15 is 0 Å². The lowest BCUT2D eigenvalue weighted by molar-refractivity contribution is -0.165. The Hall–Kier alpha value is -1.31. The molecule has 0 saturated carbocycles. The van der Waals surface area contributed by atoms with Crippen LogP contribution in [0.4, 0.5) is 0 Å². The highest BCUT2D eigenvalue weighted by molar-refractivity contribution is 8.03. The molecular weight excluding hydrogens is 282 g/mol. The minimum Gasteiger partial charge on any atom is -0.457 e. The molecule has 1 amide bonds. The van der Waals surface area contributed by atoms with Crippen LogP contribution in [0.15, 0.2) is 23.8 Å². The normalized spacial score (nSPS) is 25.6. The third-order valence-corrected chi connectivity index (χ3v) is 4.30. The van der Waals surface area contributed by atoms with Gasteiger partial charge in [-0.15, -0.1) is 11.8 Å². The van der Waals surface area contributed by atoms with Crippen LogP contribution in [-0.2, 0) is 23.8 Å². The van der Waals surface area contributed by atoms with E-state index in [1.807, 2.05) is 6.92 Å². The minimum absolute atomic E-state index is 0.0966. The van der Waals surface area contributed by atoms with Crippen molar-refractivity contribution in [2.45, 2.75) is 18.4 Å². The van der Waals surface area contributed by atoms with E-state index < -0.39 is 5.97 Å². The molecule has 0 N–H and O–H groups in total. The first kappa shape index (κ1) is 15.1. The smallest absolute Gasteiger partial charge is 0.355 e. The molecule has 0 aromatic carbocycles. The highest BCUT2D eigenvalue weighted by Gasteiger charge is 2.56. The second kappa shape index (κ2) is 6.43. The van der Waals surface area contributed by atoms with Crippen molar-refractivity contribution in [1.82, 2.24) is 4.90 Å². The van der Waals surface area contributed by atoms with Gasteiger partial charge in [0.15, 0.2) is 0 Å². The number of rotatable bonds is 7. The van der Waals surface area contributed by atoms with Crippen LogP contribution in [0.1, 0.15) is 6.92 Å². The summed E-state index contributed by atoms with van der Waals surface area (Å²) in [7, 11) is 1.53. The molecule has 7 heteroatoms. The fourth-order valence-electron chi connectivity index (χ4n) is 2.15. The van der Waals surface area contributed by atoms with Gasteiger partial charge in [-0.1, -0.05) is 12.7 Å². The maximum Gasteiger partial charge on any atom is 0.355 e. The lowest BCUT2D eigenvalue weighted by Gasteiger charge is -2.44. The average molecular weight is 299 g/mol. The fourth-order valence-corrected chi connectivity index (χ4v) is 3.47. The number of ether oxygens (including phenoxy) is 3. The summed E-state index contributed by atoms with van der Waals surface area (Å²) >= 11 is 1.43. The third-order valence-electron chi connectivity index (χ3n) is 3.16. The van der Waals surface area contributed by atoms with Gasteiger partial charge in [0.1, 0.15) is 24.5 Å². The molecule has 0 spiro atoms. The van der Waals surface area contributed by atoms with Crippen LogP contribution in [0, 0.1) is 5.92 Å². The Kier molecular flexibility index (Phi) is 4.85. The molecular formula is C13H17NO5S. The maximum absolute atomic E-state index is 12.2. The Morgan fingerprint density at radius 2 is 2.40 bits per heavy atom. The largest absolute Gasteiger partial charge is 0.457 e. The molecule has 1 saturated heterocycles. The first-order valence-electron chi connectivity index (χ1n) is 6.19. The van der Waals surface area contributed by atoms with Crippen LogP contribution in [0.25, 0.3) is 0 Å². The summed E-state index contributed by atoms with van der Waals surface area (Å²) in [5.41, 5.74) is 0.294. The molecule has 0 aromatic rings. The fraction of sp³-hybridized carbons (Fsp3) is 0.538. The van der Waals surface area contributed by atoms with Gasteiger partial charge >= 0.3 is 5.97 Å². The molecule has 2 rings (SSSR count). The molecule has 1 fully saturated rings. The molecule has 0 bridgehead atoms. The van der Waals surface area contributed by atoms with Gasteiger partial charge in [0.25, 0.3) is 0 Å². The van der Waals surface area contributed by atoms with Crippen molar-refractivity contribution in [3.63, 3.8) is 0 Å². The number of fused-ring (bicyclic) bond motifs is 1. The molecule has 0 radical (unpaired) electrons. The molecule has 0 unspecified atom stereocenters. The summed E-state index contributed by atoms with van der Waals surface area (Å²) in [6.07, 6.45) is 1.23. The van der Waals surface area contributed by atoms with Crippen LogP contribution in [0.2, 0.25) is 0 Å².